The van der Waals surface area contributed by atoms with Crippen LogP contribution in [0.2, 0.25) is 0 Å². The van der Waals surface area contributed by atoms with Gasteiger partial charge in [-0.1, -0.05) is 30.3 Å². The Morgan fingerprint density at radius 3 is 2.29 bits per heavy atom. The van der Waals surface area contributed by atoms with Crippen molar-refractivity contribution in [2.75, 3.05) is 12.8 Å². The maximum absolute atomic E-state index is 12.5. The van der Waals surface area contributed by atoms with Crippen molar-refractivity contribution in [1.29, 1.82) is 0 Å². The number of halogens is 3. The molecule has 2 aromatic rings. The molecule has 0 bridgehead atoms. The molecule has 0 unspecified atom stereocenters. The van der Waals surface area contributed by atoms with Crippen LogP contribution in [0.15, 0.2) is 53.4 Å². The van der Waals surface area contributed by atoms with Crippen LogP contribution in [-0.2, 0) is 17.5 Å². The van der Waals surface area contributed by atoms with Crippen molar-refractivity contribution in [3.8, 4) is 0 Å². The number of carbonyl (C=O) groups excluding carboxylic acids is 1. The molecule has 0 heterocycles. The van der Waals surface area contributed by atoms with Crippen molar-refractivity contribution in [3.63, 3.8) is 0 Å². The van der Waals surface area contributed by atoms with Crippen LogP contribution < -0.4 is 0 Å². The smallest absolute Gasteiger partial charge is 0.341 e. The fourth-order valence-corrected chi connectivity index (χ4v) is 3.10. The highest BCUT2D eigenvalue weighted by molar-refractivity contribution is 8.00. The molecule has 2 aromatic carbocycles. The lowest BCUT2D eigenvalue weighted by Crippen LogP contribution is -2.27. The minimum Gasteiger partial charge on any atom is -0.341 e. The number of alkyl halides is 3. The van der Waals surface area contributed by atoms with Crippen LogP contribution in [0.25, 0.3) is 0 Å². The molecule has 1 amide bonds. The summed E-state index contributed by atoms with van der Waals surface area (Å²) in [6.45, 7) is 2.27. The third-order valence-corrected chi connectivity index (χ3v) is 4.73. The Hall–Kier alpha value is -1.95. The number of aryl methyl sites for hydroxylation is 1. The first-order chi connectivity index (χ1) is 11.3. The van der Waals surface area contributed by atoms with Gasteiger partial charge in [0.2, 0.25) is 5.91 Å². The van der Waals surface area contributed by atoms with Gasteiger partial charge in [0.05, 0.1) is 11.3 Å². The zero-order valence-electron chi connectivity index (χ0n) is 13.4. The molecule has 0 fully saturated rings. The first-order valence-corrected chi connectivity index (χ1v) is 8.34. The van der Waals surface area contributed by atoms with Gasteiger partial charge in [-0.05, 0) is 36.2 Å². The van der Waals surface area contributed by atoms with Gasteiger partial charge < -0.3 is 4.90 Å². The molecule has 0 aliphatic heterocycles. The van der Waals surface area contributed by atoms with E-state index in [1.54, 1.807) is 7.05 Å². The number of benzene rings is 2. The lowest BCUT2D eigenvalue weighted by Gasteiger charge is -2.18. The predicted octanol–water partition coefficient (Wildman–Crippen LogP) is 4.76. The molecule has 0 atom stereocenters. The van der Waals surface area contributed by atoms with Gasteiger partial charge in [0.1, 0.15) is 0 Å². The molecule has 0 N–H and O–H groups in total. The van der Waals surface area contributed by atoms with Crippen LogP contribution in [0.1, 0.15) is 16.7 Å². The monoisotopic (exact) mass is 353 g/mol. The van der Waals surface area contributed by atoms with Crippen LogP contribution in [0, 0.1) is 6.92 Å². The van der Waals surface area contributed by atoms with E-state index in [1.807, 2.05) is 31.2 Å². The van der Waals surface area contributed by atoms with Crippen LogP contribution in [0.3, 0.4) is 0 Å². The molecule has 0 aliphatic rings. The summed E-state index contributed by atoms with van der Waals surface area (Å²) >= 11 is 1.46. The van der Waals surface area contributed by atoms with Gasteiger partial charge in [0.25, 0.3) is 0 Å². The number of rotatable bonds is 5. The van der Waals surface area contributed by atoms with Crippen molar-refractivity contribution in [2.45, 2.75) is 24.5 Å². The van der Waals surface area contributed by atoms with Crippen molar-refractivity contribution in [2.24, 2.45) is 0 Å². The zero-order valence-corrected chi connectivity index (χ0v) is 14.2. The normalized spacial score (nSPS) is 11.4. The molecule has 0 aliphatic carbocycles. The van der Waals surface area contributed by atoms with Crippen LogP contribution >= 0.6 is 11.8 Å². The minimum atomic E-state index is -4.34. The minimum absolute atomic E-state index is 0.0665. The fourth-order valence-electron chi connectivity index (χ4n) is 2.13. The molecule has 0 spiro atoms. The van der Waals surface area contributed by atoms with E-state index in [2.05, 4.69) is 0 Å². The third-order valence-electron chi connectivity index (χ3n) is 3.57. The van der Waals surface area contributed by atoms with Crippen LogP contribution in [0.4, 0.5) is 13.2 Å². The fraction of sp³-hybridized carbons (Fsp3) is 0.278. The van der Waals surface area contributed by atoms with E-state index in [-0.39, 0.29) is 12.5 Å². The molecule has 128 valence electrons. The standard InChI is InChI=1S/C18H18F3NOS/c1-13-5-3-4-6-16(13)24-12-17(23)22(2)11-14-7-9-15(10-8-14)18(19,20)21/h3-10H,11-12H2,1-2H3. The highest BCUT2D eigenvalue weighted by Crippen LogP contribution is 2.29. The second-order valence-corrected chi connectivity index (χ2v) is 6.52. The van der Waals surface area contributed by atoms with Crippen molar-refractivity contribution in [3.05, 3.63) is 65.2 Å². The van der Waals surface area contributed by atoms with Gasteiger partial charge in [-0.3, -0.25) is 4.79 Å². The number of amides is 1. The lowest BCUT2D eigenvalue weighted by molar-refractivity contribution is -0.137. The Bertz CT molecular complexity index is 698. The quantitative estimate of drug-likeness (QED) is 0.722. The first kappa shape index (κ1) is 18.4. The summed E-state index contributed by atoms with van der Waals surface area (Å²) in [4.78, 5) is 14.8. The van der Waals surface area contributed by atoms with Crippen molar-refractivity contribution >= 4 is 17.7 Å². The number of nitrogens with zero attached hydrogens (tertiary/aromatic N) is 1. The number of hydrogen-bond acceptors (Lipinski definition) is 2. The molecule has 0 saturated carbocycles. The summed E-state index contributed by atoms with van der Waals surface area (Å²) in [5.74, 6) is 0.227. The van der Waals surface area contributed by atoms with Gasteiger partial charge in [0, 0.05) is 18.5 Å². The third kappa shape index (κ3) is 5.03. The van der Waals surface area contributed by atoms with E-state index in [0.29, 0.717) is 11.3 Å². The molecular formula is C18H18F3NOS. The average Bonchev–Trinajstić information content (AvgIpc) is 2.53. The lowest BCUT2D eigenvalue weighted by atomic mass is 10.1. The summed E-state index contributed by atoms with van der Waals surface area (Å²) in [6.07, 6.45) is -4.34. The van der Waals surface area contributed by atoms with Crippen LogP contribution in [-0.4, -0.2) is 23.6 Å². The van der Waals surface area contributed by atoms with E-state index in [0.717, 1.165) is 22.6 Å². The SMILES string of the molecule is Cc1ccccc1SCC(=O)N(C)Cc1ccc(C(F)(F)F)cc1. The van der Waals surface area contributed by atoms with Gasteiger partial charge in [0.15, 0.2) is 0 Å². The predicted molar refractivity (Wildman–Crippen MR) is 89.8 cm³/mol. The van der Waals surface area contributed by atoms with E-state index < -0.39 is 11.7 Å². The zero-order chi connectivity index (χ0) is 17.7. The molecule has 2 rings (SSSR count). The maximum Gasteiger partial charge on any atom is 0.416 e. The molecular weight excluding hydrogens is 335 g/mol. The van der Waals surface area contributed by atoms with Gasteiger partial charge in [-0.25, -0.2) is 0 Å². The molecule has 2 nitrogen and oxygen atoms in total. The first-order valence-electron chi connectivity index (χ1n) is 7.36. The Morgan fingerprint density at radius 1 is 1.08 bits per heavy atom. The number of hydrogen-bond donors (Lipinski definition) is 0. The molecule has 0 radical (unpaired) electrons. The van der Waals surface area contributed by atoms with Crippen LogP contribution in [0.5, 0.6) is 0 Å². The van der Waals surface area contributed by atoms with E-state index >= 15 is 0 Å². The topological polar surface area (TPSA) is 20.3 Å². The Kier molecular flexibility index (Phi) is 5.94. The summed E-state index contributed by atoms with van der Waals surface area (Å²) in [5.41, 5.74) is 1.09. The molecule has 0 aromatic heterocycles. The second-order valence-electron chi connectivity index (χ2n) is 5.50. The number of thioether (sulfide) groups is 1. The Labute approximate surface area is 143 Å². The molecule has 6 heteroatoms. The van der Waals surface area contributed by atoms with Gasteiger partial charge in [-0.2, -0.15) is 13.2 Å². The van der Waals surface area contributed by atoms with Gasteiger partial charge >= 0.3 is 6.18 Å². The Morgan fingerprint density at radius 2 is 1.71 bits per heavy atom. The van der Waals surface area contributed by atoms with Gasteiger partial charge in [-0.15, -0.1) is 11.8 Å². The van der Waals surface area contributed by atoms with Crippen molar-refractivity contribution in [1.82, 2.24) is 4.90 Å². The Balaban J connectivity index is 1.91. The maximum atomic E-state index is 12.5. The largest absolute Gasteiger partial charge is 0.416 e. The summed E-state index contributed by atoms with van der Waals surface area (Å²) in [5, 5.41) is 0. The highest BCUT2D eigenvalue weighted by atomic mass is 32.2. The van der Waals surface area contributed by atoms with E-state index in [9.17, 15) is 18.0 Å². The highest BCUT2D eigenvalue weighted by Gasteiger charge is 2.29. The summed E-state index contributed by atoms with van der Waals surface area (Å²) in [7, 11) is 1.65. The summed E-state index contributed by atoms with van der Waals surface area (Å²) < 4.78 is 37.6. The molecule has 0 saturated heterocycles. The average molecular weight is 353 g/mol. The summed E-state index contributed by atoms with van der Waals surface area (Å²) in [6, 6.07) is 12.7. The second kappa shape index (κ2) is 7.75. The van der Waals surface area contributed by atoms with E-state index in [1.165, 1.54) is 28.8 Å². The van der Waals surface area contributed by atoms with E-state index in [4.69, 9.17) is 0 Å². The number of carbonyl (C=O) groups is 1. The van der Waals surface area contributed by atoms with Crippen molar-refractivity contribution < 1.29 is 18.0 Å². The molecule has 24 heavy (non-hydrogen) atoms.